The molecule has 1 heterocycles. The minimum Gasteiger partial charge on any atom is -0.331 e. The number of unbranched alkanes of at least 4 members (excludes halogenated alkanes) is 6. The first-order valence-electron chi connectivity index (χ1n) is 7.72. The first-order valence-corrected chi connectivity index (χ1v) is 7.72. The van der Waals surface area contributed by atoms with Crippen molar-refractivity contribution in [2.75, 3.05) is 0 Å². The number of imidazole rings is 1. The number of hydrogen-bond acceptors (Lipinski definition) is 1. The second-order valence-corrected chi connectivity index (χ2v) is 5.55. The Kier molecular flexibility index (Phi) is 5.44. The Morgan fingerprint density at radius 3 is 2.53 bits per heavy atom. The zero-order valence-corrected chi connectivity index (χ0v) is 12.4. The third-order valence-electron chi connectivity index (χ3n) is 3.78. The van der Waals surface area contributed by atoms with E-state index in [1.807, 2.05) is 6.33 Å². The molecule has 1 aromatic carbocycles. The van der Waals surface area contributed by atoms with E-state index in [0.717, 1.165) is 12.1 Å². The van der Waals surface area contributed by atoms with Crippen molar-refractivity contribution < 1.29 is 0 Å². The average Bonchev–Trinajstić information content (AvgIpc) is 2.80. The standard InChI is InChI=1S/C17H26N2/c1-3-4-5-6-7-8-9-12-19-14-18-16-13-15(2)10-11-17(16)19/h10-11,13-14H,3-9,12H2,1-2H3. The van der Waals surface area contributed by atoms with Crippen molar-refractivity contribution in [1.82, 2.24) is 9.55 Å². The van der Waals surface area contributed by atoms with E-state index < -0.39 is 0 Å². The molecule has 0 aliphatic carbocycles. The average molecular weight is 258 g/mol. The van der Waals surface area contributed by atoms with Crippen molar-refractivity contribution in [2.24, 2.45) is 0 Å². The number of aryl methyl sites for hydroxylation is 2. The first-order chi connectivity index (χ1) is 9.31. The molecular formula is C17H26N2. The summed E-state index contributed by atoms with van der Waals surface area (Å²) in [4.78, 5) is 4.48. The fourth-order valence-electron chi connectivity index (χ4n) is 2.59. The van der Waals surface area contributed by atoms with Crippen LogP contribution in [0.2, 0.25) is 0 Å². The number of fused-ring (bicyclic) bond motifs is 1. The van der Waals surface area contributed by atoms with Crippen molar-refractivity contribution in [1.29, 1.82) is 0 Å². The molecule has 2 aromatic rings. The molecular weight excluding hydrogens is 232 g/mol. The third kappa shape index (κ3) is 4.09. The largest absolute Gasteiger partial charge is 0.331 e. The van der Waals surface area contributed by atoms with Crippen molar-refractivity contribution in [3.63, 3.8) is 0 Å². The van der Waals surface area contributed by atoms with E-state index in [9.17, 15) is 0 Å². The fourth-order valence-corrected chi connectivity index (χ4v) is 2.59. The quantitative estimate of drug-likeness (QED) is 0.603. The molecule has 0 spiro atoms. The maximum absolute atomic E-state index is 4.48. The molecule has 2 nitrogen and oxygen atoms in total. The van der Waals surface area contributed by atoms with Gasteiger partial charge in [0.1, 0.15) is 0 Å². The molecule has 0 atom stereocenters. The van der Waals surface area contributed by atoms with Crippen LogP contribution < -0.4 is 0 Å². The van der Waals surface area contributed by atoms with Gasteiger partial charge in [-0.05, 0) is 31.0 Å². The summed E-state index contributed by atoms with van der Waals surface area (Å²) in [6.45, 7) is 5.49. The van der Waals surface area contributed by atoms with Crippen LogP contribution in [-0.4, -0.2) is 9.55 Å². The highest BCUT2D eigenvalue weighted by Gasteiger charge is 2.02. The Morgan fingerprint density at radius 2 is 1.74 bits per heavy atom. The molecule has 0 N–H and O–H groups in total. The van der Waals surface area contributed by atoms with Gasteiger partial charge in [-0.25, -0.2) is 4.98 Å². The molecule has 104 valence electrons. The maximum atomic E-state index is 4.48. The molecule has 19 heavy (non-hydrogen) atoms. The number of nitrogens with zero attached hydrogens (tertiary/aromatic N) is 2. The minimum absolute atomic E-state index is 1.10. The van der Waals surface area contributed by atoms with E-state index in [0.29, 0.717) is 0 Å². The van der Waals surface area contributed by atoms with Gasteiger partial charge < -0.3 is 4.57 Å². The van der Waals surface area contributed by atoms with Crippen LogP contribution in [0.5, 0.6) is 0 Å². The summed E-state index contributed by atoms with van der Waals surface area (Å²) in [6.07, 6.45) is 11.5. The zero-order valence-electron chi connectivity index (χ0n) is 12.4. The summed E-state index contributed by atoms with van der Waals surface area (Å²) in [5.74, 6) is 0. The Hall–Kier alpha value is -1.31. The first kappa shape index (κ1) is 14.1. The van der Waals surface area contributed by atoms with E-state index >= 15 is 0 Å². The Bertz CT molecular complexity index is 499. The summed E-state index contributed by atoms with van der Waals surface area (Å²) in [5.41, 5.74) is 3.69. The van der Waals surface area contributed by atoms with Gasteiger partial charge in [-0.15, -0.1) is 0 Å². The van der Waals surface area contributed by atoms with Gasteiger partial charge in [0, 0.05) is 6.54 Å². The summed E-state index contributed by atoms with van der Waals surface area (Å²) in [5, 5.41) is 0. The lowest BCUT2D eigenvalue weighted by Gasteiger charge is -2.04. The molecule has 0 aliphatic heterocycles. The van der Waals surface area contributed by atoms with Gasteiger partial charge in [0.2, 0.25) is 0 Å². The van der Waals surface area contributed by atoms with Gasteiger partial charge in [0.15, 0.2) is 0 Å². The van der Waals surface area contributed by atoms with Crippen LogP contribution in [0.1, 0.15) is 57.4 Å². The Labute approximate surface area is 116 Å². The van der Waals surface area contributed by atoms with E-state index in [1.54, 1.807) is 0 Å². The third-order valence-corrected chi connectivity index (χ3v) is 3.78. The van der Waals surface area contributed by atoms with E-state index in [1.165, 1.54) is 56.0 Å². The molecule has 0 fully saturated rings. The highest BCUT2D eigenvalue weighted by atomic mass is 15.0. The minimum atomic E-state index is 1.10. The molecule has 0 saturated heterocycles. The second kappa shape index (κ2) is 7.32. The summed E-state index contributed by atoms with van der Waals surface area (Å²) in [7, 11) is 0. The number of aromatic nitrogens is 2. The lowest BCUT2D eigenvalue weighted by atomic mass is 10.1. The Morgan fingerprint density at radius 1 is 1.00 bits per heavy atom. The summed E-state index contributed by atoms with van der Waals surface area (Å²) < 4.78 is 2.29. The fraction of sp³-hybridized carbons (Fsp3) is 0.588. The number of rotatable bonds is 8. The van der Waals surface area contributed by atoms with Crippen molar-refractivity contribution >= 4 is 11.0 Å². The summed E-state index contributed by atoms with van der Waals surface area (Å²) in [6, 6.07) is 6.53. The van der Waals surface area contributed by atoms with Crippen LogP contribution in [0.25, 0.3) is 11.0 Å². The van der Waals surface area contributed by atoms with E-state index in [2.05, 4.69) is 41.6 Å². The molecule has 0 radical (unpaired) electrons. The second-order valence-electron chi connectivity index (χ2n) is 5.55. The highest BCUT2D eigenvalue weighted by Crippen LogP contribution is 2.16. The van der Waals surface area contributed by atoms with Crippen molar-refractivity contribution in [3.8, 4) is 0 Å². The lowest BCUT2D eigenvalue weighted by molar-refractivity contribution is 0.555. The molecule has 0 saturated carbocycles. The van der Waals surface area contributed by atoms with Crippen LogP contribution in [0.4, 0.5) is 0 Å². The topological polar surface area (TPSA) is 17.8 Å². The number of benzene rings is 1. The van der Waals surface area contributed by atoms with Gasteiger partial charge >= 0.3 is 0 Å². The number of hydrogen-bond donors (Lipinski definition) is 0. The SMILES string of the molecule is CCCCCCCCCn1cnc2cc(C)ccc21. The Balaban J connectivity index is 1.76. The normalized spacial score (nSPS) is 11.3. The van der Waals surface area contributed by atoms with E-state index in [-0.39, 0.29) is 0 Å². The molecule has 0 aliphatic rings. The molecule has 2 heteroatoms. The maximum Gasteiger partial charge on any atom is 0.0958 e. The summed E-state index contributed by atoms with van der Waals surface area (Å²) >= 11 is 0. The van der Waals surface area contributed by atoms with Crippen LogP contribution >= 0.6 is 0 Å². The zero-order chi connectivity index (χ0) is 13.5. The van der Waals surface area contributed by atoms with Gasteiger partial charge in [-0.3, -0.25) is 0 Å². The monoisotopic (exact) mass is 258 g/mol. The molecule has 0 bridgehead atoms. The highest BCUT2D eigenvalue weighted by molar-refractivity contribution is 5.75. The molecule has 2 rings (SSSR count). The van der Waals surface area contributed by atoms with Gasteiger partial charge in [-0.1, -0.05) is 51.5 Å². The van der Waals surface area contributed by atoms with Gasteiger partial charge in [-0.2, -0.15) is 0 Å². The predicted molar refractivity (Wildman–Crippen MR) is 82.5 cm³/mol. The van der Waals surface area contributed by atoms with Gasteiger partial charge in [0.05, 0.1) is 17.4 Å². The van der Waals surface area contributed by atoms with Crippen LogP contribution in [0.3, 0.4) is 0 Å². The van der Waals surface area contributed by atoms with Crippen LogP contribution in [0.15, 0.2) is 24.5 Å². The van der Waals surface area contributed by atoms with E-state index in [4.69, 9.17) is 0 Å². The molecule has 1 aromatic heterocycles. The van der Waals surface area contributed by atoms with Crippen LogP contribution in [0, 0.1) is 6.92 Å². The lowest BCUT2D eigenvalue weighted by Crippen LogP contribution is -1.96. The molecule has 0 unspecified atom stereocenters. The van der Waals surface area contributed by atoms with Crippen molar-refractivity contribution in [3.05, 3.63) is 30.1 Å². The van der Waals surface area contributed by atoms with Crippen LogP contribution in [-0.2, 0) is 6.54 Å². The molecule has 0 amide bonds. The smallest absolute Gasteiger partial charge is 0.0958 e. The van der Waals surface area contributed by atoms with Gasteiger partial charge in [0.25, 0.3) is 0 Å². The predicted octanol–water partition coefficient (Wildman–Crippen LogP) is 5.10. The van der Waals surface area contributed by atoms with Crippen molar-refractivity contribution in [2.45, 2.75) is 65.3 Å².